The van der Waals surface area contributed by atoms with Crippen molar-refractivity contribution in [2.24, 2.45) is 0 Å². The highest BCUT2D eigenvalue weighted by Crippen LogP contribution is 2.14. The molecule has 74 valence electrons. The Morgan fingerprint density at radius 1 is 1.85 bits per heavy atom. The molecule has 1 atom stereocenters. The lowest BCUT2D eigenvalue weighted by Gasteiger charge is -2.08. The third kappa shape index (κ3) is 3.52. The van der Waals surface area contributed by atoms with E-state index in [0.717, 1.165) is 12.8 Å². The Labute approximate surface area is 87.6 Å². The van der Waals surface area contributed by atoms with Crippen molar-refractivity contribution in [3.63, 3.8) is 0 Å². The maximum Gasteiger partial charge on any atom is 0.329 e. The van der Waals surface area contributed by atoms with E-state index in [4.69, 9.17) is 17.0 Å². The van der Waals surface area contributed by atoms with Gasteiger partial charge < -0.3 is 10.1 Å². The van der Waals surface area contributed by atoms with Gasteiger partial charge in [0.05, 0.1) is 6.61 Å². The molecule has 0 unspecified atom stereocenters. The fourth-order valence-electron chi connectivity index (χ4n) is 0.929. The molecule has 1 aliphatic heterocycles. The van der Waals surface area contributed by atoms with Gasteiger partial charge in [0.2, 0.25) is 0 Å². The summed E-state index contributed by atoms with van der Waals surface area (Å²) in [7, 11) is 0. The summed E-state index contributed by atoms with van der Waals surface area (Å²) in [6.45, 7) is 2.58. The van der Waals surface area contributed by atoms with Crippen molar-refractivity contribution >= 4 is 34.3 Å². The summed E-state index contributed by atoms with van der Waals surface area (Å²) in [5, 5.41) is 2.90. The van der Waals surface area contributed by atoms with Crippen molar-refractivity contribution in [1.29, 1.82) is 0 Å². The fraction of sp³-hybridized carbons (Fsp3) is 0.750. The molecule has 1 saturated heterocycles. The molecule has 0 aromatic rings. The Hall–Kier alpha value is -0.290. The molecule has 0 spiro atoms. The predicted molar refractivity (Wildman–Crippen MR) is 57.8 cm³/mol. The summed E-state index contributed by atoms with van der Waals surface area (Å²) >= 11 is 6.39. The Balaban J connectivity index is 2.20. The van der Waals surface area contributed by atoms with Gasteiger partial charge >= 0.3 is 5.97 Å². The average Bonchev–Trinajstić information content (AvgIpc) is 2.52. The third-order valence-corrected chi connectivity index (χ3v) is 3.05. The second-order valence-corrected chi connectivity index (χ2v) is 4.51. The molecule has 0 bridgehead atoms. The van der Waals surface area contributed by atoms with Crippen LogP contribution in [0.25, 0.3) is 0 Å². The van der Waals surface area contributed by atoms with E-state index < -0.39 is 0 Å². The van der Waals surface area contributed by atoms with Gasteiger partial charge in [0, 0.05) is 5.75 Å². The quantitative estimate of drug-likeness (QED) is 0.438. The van der Waals surface area contributed by atoms with Crippen LogP contribution in [0.3, 0.4) is 0 Å². The summed E-state index contributed by atoms with van der Waals surface area (Å²) in [6.07, 6.45) is 1.97. The molecule has 1 aliphatic rings. The molecule has 1 rings (SSSR count). The Bertz CT molecular complexity index is 208. The molecule has 1 fully saturated rings. The number of esters is 1. The van der Waals surface area contributed by atoms with Crippen molar-refractivity contribution in [3.05, 3.63) is 0 Å². The molecule has 0 amide bonds. The van der Waals surface area contributed by atoms with Gasteiger partial charge in [-0.2, -0.15) is 0 Å². The minimum absolute atomic E-state index is 0.180. The van der Waals surface area contributed by atoms with Crippen LogP contribution in [-0.4, -0.2) is 28.7 Å². The number of ether oxygens (including phenoxy) is 1. The van der Waals surface area contributed by atoms with Crippen LogP contribution in [0.4, 0.5) is 0 Å². The molecule has 1 heterocycles. The van der Waals surface area contributed by atoms with Crippen molar-refractivity contribution in [1.82, 2.24) is 5.32 Å². The van der Waals surface area contributed by atoms with Gasteiger partial charge in [-0.05, 0) is 6.42 Å². The number of thioether (sulfide) groups is 1. The van der Waals surface area contributed by atoms with E-state index in [1.807, 2.05) is 0 Å². The van der Waals surface area contributed by atoms with E-state index in [1.165, 1.54) is 11.8 Å². The molecule has 0 aliphatic carbocycles. The van der Waals surface area contributed by atoms with Crippen LogP contribution in [0, 0.1) is 0 Å². The lowest BCUT2D eigenvalue weighted by Crippen LogP contribution is -2.35. The molecule has 1 N–H and O–H groups in total. The van der Waals surface area contributed by atoms with Crippen LogP contribution in [0.15, 0.2) is 0 Å². The fourth-order valence-corrected chi connectivity index (χ4v) is 2.04. The van der Waals surface area contributed by atoms with Gasteiger partial charge in [0.25, 0.3) is 0 Å². The molecule has 3 nitrogen and oxygen atoms in total. The molecule has 13 heavy (non-hydrogen) atoms. The molecular formula is C8H13NO2S2. The first-order chi connectivity index (χ1) is 6.24. The van der Waals surface area contributed by atoms with Crippen LogP contribution >= 0.6 is 24.0 Å². The van der Waals surface area contributed by atoms with Crippen LogP contribution in [0.2, 0.25) is 0 Å². The van der Waals surface area contributed by atoms with Gasteiger partial charge in [0.15, 0.2) is 0 Å². The van der Waals surface area contributed by atoms with E-state index in [0.29, 0.717) is 16.7 Å². The molecule has 0 aromatic carbocycles. The van der Waals surface area contributed by atoms with E-state index >= 15 is 0 Å². The van der Waals surface area contributed by atoms with Crippen molar-refractivity contribution in [2.75, 3.05) is 12.4 Å². The summed E-state index contributed by atoms with van der Waals surface area (Å²) in [6, 6.07) is -0.227. The molecule has 0 saturated carbocycles. The number of hydrogen-bond donors (Lipinski definition) is 1. The standard InChI is InChI=1S/C8H13NO2S2/c1-2-3-4-11-7(10)6-5-13-8(12)9-6/h6H,2-5H2,1H3,(H,9,12)/t6-/m0/s1. The Morgan fingerprint density at radius 3 is 3.15 bits per heavy atom. The highest BCUT2D eigenvalue weighted by molar-refractivity contribution is 8.23. The van der Waals surface area contributed by atoms with E-state index in [9.17, 15) is 4.79 Å². The highest BCUT2D eigenvalue weighted by Gasteiger charge is 2.26. The summed E-state index contributed by atoms with van der Waals surface area (Å²) in [5.41, 5.74) is 0. The number of unbranched alkanes of at least 4 members (excludes halogenated alkanes) is 1. The maximum absolute atomic E-state index is 11.3. The zero-order chi connectivity index (χ0) is 9.68. The largest absolute Gasteiger partial charge is 0.464 e. The van der Waals surface area contributed by atoms with Gasteiger partial charge in [-0.1, -0.05) is 37.3 Å². The third-order valence-electron chi connectivity index (χ3n) is 1.70. The lowest BCUT2D eigenvalue weighted by atomic mass is 10.3. The monoisotopic (exact) mass is 219 g/mol. The van der Waals surface area contributed by atoms with Crippen LogP contribution < -0.4 is 5.32 Å². The number of carbonyl (C=O) groups is 1. The molecule has 0 aromatic heterocycles. The Kier molecular flexibility index (Phi) is 4.52. The molecule has 0 radical (unpaired) electrons. The SMILES string of the molecule is CCCCOC(=O)[C@@H]1CSC(=S)N1. The number of carbonyl (C=O) groups excluding carboxylic acids is 1. The van der Waals surface area contributed by atoms with E-state index in [1.54, 1.807) is 0 Å². The van der Waals surface area contributed by atoms with Crippen LogP contribution in [0.5, 0.6) is 0 Å². The summed E-state index contributed by atoms with van der Waals surface area (Å²) in [4.78, 5) is 11.3. The Morgan fingerprint density at radius 2 is 2.62 bits per heavy atom. The normalized spacial score (nSPS) is 21.3. The maximum atomic E-state index is 11.3. The number of rotatable bonds is 4. The number of thiocarbonyl (C=S) groups is 1. The van der Waals surface area contributed by atoms with Gasteiger partial charge in [-0.3, -0.25) is 0 Å². The first-order valence-electron chi connectivity index (χ1n) is 4.34. The zero-order valence-corrected chi connectivity index (χ0v) is 9.17. The van der Waals surface area contributed by atoms with Crippen molar-refractivity contribution in [3.8, 4) is 0 Å². The minimum Gasteiger partial charge on any atom is -0.464 e. The number of nitrogens with one attached hydrogen (secondary N) is 1. The van der Waals surface area contributed by atoms with Crippen molar-refractivity contribution in [2.45, 2.75) is 25.8 Å². The molecule has 5 heteroatoms. The molecular weight excluding hydrogens is 206 g/mol. The second-order valence-electron chi connectivity index (χ2n) is 2.82. The zero-order valence-electron chi connectivity index (χ0n) is 7.54. The first kappa shape index (κ1) is 10.8. The van der Waals surface area contributed by atoms with E-state index in [-0.39, 0.29) is 12.0 Å². The summed E-state index contributed by atoms with van der Waals surface area (Å²) in [5.74, 6) is 0.518. The van der Waals surface area contributed by atoms with Gasteiger partial charge in [-0.25, -0.2) is 4.79 Å². The first-order valence-corrected chi connectivity index (χ1v) is 5.73. The minimum atomic E-state index is -0.227. The average molecular weight is 219 g/mol. The smallest absolute Gasteiger partial charge is 0.329 e. The van der Waals surface area contributed by atoms with Crippen LogP contribution in [-0.2, 0) is 9.53 Å². The van der Waals surface area contributed by atoms with Gasteiger partial charge in [-0.15, -0.1) is 0 Å². The van der Waals surface area contributed by atoms with Gasteiger partial charge in [0.1, 0.15) is 10.4 Å². The topological polar surface area (TPSA) is 38.3 Å². The summed E-state index contributed by atoms with van der Waals surface area (Å²) < 4.78 is 5.73. The number of hydrogen-bond acceptors (Lipinski definition) is 4. The van der Waals surface area contributed by atoms with Crippen molar-refractivity contribution < 1.29 is 9.53 Å². The lowest BCUT2D eigenvalue weighted by molar-refractivity contribution is -0.145. The predicted octanol–water partition coefficient (Wildman–Crippen LogP) is 1.32. The van der Waals surface area contributed by atoms with E-state index in [2.05, 4.69) is 12.2 Å². The highest BCUT2D eigenvalue weighted by atomic mass is 32.2. The van der Waals surface area contributed by atoms with Crippen LogP contribution in [0.1, 0.15) is 19.8 Å². The second kappa shape index (κ2) is 5.44.